The second-order valence-corrected chi connectivity index (χ2v) is 9.28. The fourth-order valence-electron chi connectivity index (χ4n) is 4.66. The van der Waals surface area contributed by atoms with Crippen molar-refractivity contribution in [1.82, 2.24) is 29.4 Å². The molecule has 1 aliphatic rings. The lowest BCUT2D eigenvalue weighted by atomic mass is 9.90. The third-order valence-corrected chi connectivity index (χ3v) is 6.68. The van der Waals surface area contributed by atoms with Crippen molar-refractivity contribution in [3.05, 3.63) is 36.2 Å². The lowest BCUT2D eigenvalue weighted by Gasteiger charge is -2.36. The van der Waals surface area contributed by atoms with Crippen LogP contribution >= 0.6 is 0 Å². The molecule has 4 heterocycles. The van der Waals surface area contributed by atoms with Gasteiger partial charge in [0.1, 0.15) is 0 Å². The molecule has 0 amide bonds. The van der Waals surface area contributed by atoms with Crippen LogP contribution in [0.5, 0.6) is 5.75 Å². The van der Waals surface area contributed by atoms with Crippen molar-refractivity contribution in [1.29, 1.82) is 0 Å². The Balaban J connectivity index is 1.50. The van der Waals surface area contributed by atoms with Crippen LogP contribution in [0.25, 0.3) is 16.6 Å². The molecule has 0 unspecified atom stereocenters. The maximum atomic E-state index is 14.4. The van der Waals surface area contributed by atoms with Crippen molar-refractivity contribution in [2.24, 2.45) is 5.92 Å². The van der Waals surface area contributed by atoms with E-state index in [1.54, 1.807) is 11.6 Å². The average Bonchev–Trinajstić information content (AvgIpc) is 3.47. The Morgan fingerprint density at radius 1 is 1.24 bits per heavy atom. The van der Waals surface area contributed by atoms with Crippen LogP contribution in [-0.4, -0.2) is 60.8 Å². The molecule has 0 bridgehead atoms. The monoisotopic (exact) mass is 468 g/mol. The Morgan fingerprint density at radius 3 is 2.76 bits per heavy atom. The van der Waals surface area contributed by atoms with E-state index in [2.05, 4.69) is 27.0 Å². The number of methoxy groups -OCH3 is 1. The number of ether oxygens (including phenoxy) is 1. The minimum absolute atomic E-state index is 0.0544. The quantitative estimate of drug-likeness (QED) is 0.459. The molecule has 34 heavy (non-hydrogen) atoms. The summed E-state index contributed by atoms with van der Waals surface area (Å²) in [6.45, 7) is 7.49. The highest BCUT2D eigenvalue weighted by Crippen LogP contribution is 2.33. The van der Waals surface area contributed by atoms with Crippen LogP contribution in [0, 0.1) is 11.7 Å². The molecule has 4 aromatic rings. The third-order valence-electron chi connectivity index (χ3n) is 6.68. The molecule has 180 valence electrons. The first-order valence-corrected chi connectivity index (χ1v) is 11.4. The normalized spacial score (nSPS) is 20.7. The third kappa shape index (κ3) is 3.79. The van der Waals surface area contributed by atoms with E-state index >= 15 is 0 Å². The van der Waals surface area contributed by atoms with E-state index in [-0.39, 0.29) is 23.7 Å². The molecular formula is C23H29FN8O2. The Bertz CT molecular complexity index is 1350. The first kappa shape index (κ1) is 22.3. The summed E-state index contributed by atoms with van der Waals surface area (Å²) >= 11 is 0. The number of anilines is 2. The highest BCUT2D eigenvalue weighted by Gasteiger charge is 2.30. The Kier molecular flexibility index (Phi) is 5.51. The Hall–Kier alpha value is -3.47. The Morgan fingerprint density at radius 2 is 2.03 bits per heavy atom. The average molecular weight is 469 g/mol. The number of hydrogen-bond acceptors (Lipinski definition) is 8. The summed E-state index contributed by atoms with van der Waals surface area (Å²) in [4.78, 5) is 11.4. The van der Waals surface area contributed by atoms with Crippen molar-refractivity contribution >= 4 is 28.2 Å². The number of rotatable bonds is 5. The zero-order chi connectivity index (χ0) is 24.1. The highest BCUT2D eigenvalue weighted by molar-refractivity contribution is 5.93. The molecule has 1 fully saturated rings. The standard InChI is InChI=1S/C23H29FN8O2/c1-12-5-15(10-30(9-12)16-8-26-31(11-16)13(2)14(3)33)21-28-22-17-6-18(24)20(34-4)7-19(17)27-23(25)32(22)29-21/h6-8,11-15,33H,5,9-10H2,1-4H3,(H2,25,27)/t12-,13-,14-,15+/m0/s1. The predicted molar refractivity (Wildman–Crippen MR) is 127 cm³/mol. The summed E-state index contributed by atoms with van der Waals surface area (Å²) in [5.41, 5.74) is 8.14. The van der Waals surface area contributed by atoms with E-state index in [1.165, 1.54) is 23.8 Å². The lowest BCUT2D eigenvalue weighted by Crippen LogP contribution is -2.39. The van der Waals surface area contributed by atoms with Gasteiger partial charge in [0.25, 0.3) is 0 Å². The summed E-state index contributed by atoms with van der Waals surface area (Å²) < 4.78 is 22.8. The number of aliphatic hydroxyl groups is 1. The SMILES string of the molecule is COc1cc2nc(N)n3nc([C@@H]4C[C@H](C)CN(c5cnn([C@@H](C)[C@H](C)O)c5)C4)nc3c2cc1F. The van der Waals surface area contributed by atoms with Gasteiger partial charge in [0, 0.05) is 36.7 Å². The Labute approximate surface area is 196 Å². The zero-order valence-corrected chi connectivity index (χ0v) is 19.7. The van der Waals surface area contributed by atoms with Gasteiger partial charge in [-0.3, -0.25) is 4.68 Å². The van der Waals surface area contributed by atoms with Gasteiger partial charge in [0.2, 0.25) is 5.95 Å². The molecule has 0 aliphatic carbocycles. The molecule has 0 radical (unpaired) electrons. The summed E-state index contributed by atoms with van der Waals surface area (Å²) in [7, 11) is 1.41. The van der Waals surface area contributed by atoms with Crippen molar-refractivity contribution in [2.45, 2.75) is 45.3 Å². The second kappa shape index (κ2) is 8.39. The molecule has 1 aliphatic heterocycles. The molecule has 5 rings (SSSR count). The van der Waals surface area contributed by atoms with Gasteiger partial charge in [-0.05, 0) is 32.3 Å². The van der Waals surface area contributed by atoms with Gasteiger partial charge in [0.05, 0.1) is 36.7 Å². The first-order chi connectivity index (χ1) is 16.2. The van der Waals surface area contributed by atoms with Crippen LogP contribution in [0.3, 0.4) is 0 Å². The molecule has 0 spiro atoms. The highest BCUT2D eigenvalue weighted by atomic mass is 19.1. The number of fused-ring (bicyclic) bond motifs is 3. The van der Waals surface area contributed by atoms with Crippen LogP contribution in [-0.2, 0) is 0 Å². The van der Waals surface area contributed by atoms with Gasteiger partial charge in [-0.1, -0.05) is 6.92 Å². The van der Waals surface area contributed by atoms with Crippen LogP contribution in [0.4, 0.5) is 16.0 Å². The van der Waals surface area contributed by atoms with E-state index in [0.717, 1.165) is 18.7 Å². The van der Waals surface area contributed by atoms with E-state index in [1.807, 2.05) is 19.3 Å². The number of halogens is 1. The van der Waals surface area contributed by atoms with Gasteiger partial charge >= 0.3 is 0 Å². The number of aromatic nitrogens is 6. The summed E-state index contributed by atoms with van der Waals surface area (Å²) in [6.07, 6.45) is 4.21. The van der Waals surface area contributed by atoms with E-state index < -0.39 is 11.9 Å². The zero-order valence-electron chi connectivity index (χ0n) is 19.7. The van der Waals surface area contributed by atoms with E-state index in [9.17, 15) is 9.50 Å². The molecule has 4 atom stereocenters. The van der Waals surface area contributed by atoms with Gasteiger partial charge in [-0.25, -0.2) is 14.4 Å². The van der Waals surface area contributed by atoms with Gasteiger partial charge in [-0.15, -0.1) is 5.10 Å². The molecule has 3 N–H and O–H groups in total. The topological polar surface area (TPSA) is 120 Å². The van der Waals surface area contributed by atoms with Crippen molar-refractivity contribution < 1.29 is 14.2 Å². The maximum absolute atomic E-state index is 14.4. The van der Waals surface area contributed by atoms with Gasteiger partial charge in [0.15, 0.2) is 23.0 Å². The molecule has 0 saturated carbocycles. The first-order valence-electron chi connectivity index (χ1n) is 11.4. The molecule has 10 nitrogen and oxygen atoms in total. The smallest absolute Gasteiger partial charge is 0.223 e. The number of nitrogen functional groups attached to an aromatic ring is 1. The predicted octanol–water partition coefficient (Wildman–Crippen LogP) is 2.78. The molecule has 1 aromatic carbocycles. The minimum Gasteiger partial charge on any atom is -0.494 e. The van der Waals surface area contributed by atoms with Crippen LogP contribution in [0.2, 0.25) is 0 Å². The fourth-order valence-corrected chi connectivity index (χ4v) is 4.66. The largest absolute Gasteiger partial charge is 0.494 e. The summed E-state index contributed by atoms with van der Waals surface area (Å²) in [6, 6.07) is 2.77. The number of piperidine rings is 1. The van der Waals surface area contributed by atoms with Crippen molar-refractivity contribution in [3.63, 3.8) is 0 Å². The second-order valence-electron chi connectivity index (χ2n) is 9.28. The number of hydrogen-bond donors (Lipinski definition) is 2. The van der Waals surface area contributed by atoms with Crippen molar-refractivity contribution in [3.8, 4) is 5.75 Å². The lowest BCUT2D eigenvalue weighted by molar-refractivity contribution is 0.132. The van der Waals surface area contributed by atoms with Gasteiger partial charge in [-0.2, -0.15) is 9.61 Å². The van der Waals surface area contributed by atoms with Crippen LogP contribution in [0.1, 0.15) is 45.0 Å². The fraction of sp³-hybridized carbons (Fsp3) is 0.478. The summed E-state index contributed by atoms with van der Waals surface area (Å²) in [5, 5.41) is 19.5. The number of aliphatic hydroxyl groups excluding tert-OH is 1. The number of benzene rings is 1. The van der Waals surface area contributed by atoms with E-state index in [0.29, 0.717) is 34.8 Å². The molecule has 11 heteroatoms. The van der Waals surface area contributed by atoms with Crippen molar-refractivity contribution in [2.75, 3.05) is 30.8 Å². The number of nitrogens with zero attached hydrogens (tertiary/aromatic N) is 7. The minimum atomic E-state index is -0.498. The summed E-state index contributed by atoms with van der Waals surface area (Å²) in [5.74, 6) is 0.901. The molecular weight excluding hydrogens is 439 g/mol. The number of nitrogens with two attached hydrogens (primary N) is 1. The van der Waals surface area contributed by atoms with Crippen LogP contribution in [0.15, 0.2) is 24.5 Å². The maximum Gasteiger partial charge on any atom is 0.223 e. The van der Waals surface area contributed by atoms with Crippen LogP contribution < -0.4 is 15.4 Å². The van der Waals surface area contributed by atoms with E-state index in [4.69, 9.17) is 15.5 Å². The molecule has 3 aromatic heterocycles. The molecule has 1 saturated heterocycles. The van der Waals surface area contributed by atoms with Gasteiger partial charge < -0.3 is 20.5 Å².